The highest BCUT2D eigenvalue weighted by Gasteiger charge is 2.42. The van der Waals surface area contributed by atoms with Crippen molar-refractivity contribution in [2.75, 3.05) is 40.0 Å². The van der Waals surface area contributed by atoms with Crippen LogP contribution in [0.1, 0.15) is 18.4 Å². The van der Waals surface area contributed by atoms with E-state index in [1.807, 2.05) is 18.2 Å². The summed E-state index contributed by atoms with van der Waals surface area (Å²) in [5.41, 5.74) is 0.326. The number of hydrogen-bond acceptors (Lipinski definition) is 5. The van der Waals surface area contributed by atoms with E-state index in [4.69, 9.17) is 14.2 Å². The largest absolute Gasteiger partial charge is 0.497 e. The van der Waals surface area contributed by atoms with Crippen LogP contribution in [0.2, 0.25) is 0 Å². The number of hydrogen-bond donors (Lipinski definition) is 0. The molecule has 0 spiro atoms. The van der Waals surface area contributed by atoms with Gasteiger partial charge in [0.25, 0.3) is 0 Å². The molecule has 2 aliphatic rings. The Bertz CT molecular complexity index is 549. The lowest BCUT2D eigenvalue weighted by Gasteiger charge is -2.40. The lowest BCUT2D eigenvalue weighted by atomic mass is 9.84. The van der Waals surface area contributed by atoms with E-state index in [2.05, 4.69) is 11.0 Å². The van der Waals surface area contributed by atoms with Gasteiger partial charge in [-0.05, 0) is 25.0 Å². The van der Waals surface area contributed by atoms with Crippen LogP contribution in [-0.4, -0.2) is 44.9 Å². The first-order valence-electron chi connectivity index (χ1n) is 7.35. The Balaban J connectivity index is 2.06. The summed E-state index contributed by atoms with van der Waals surface area (Å²) in [5.74, 6) is 1.52. The van der Waals surface area contributed by atoms with Crippen molar-refractivity contribution in [3.8, 4) is 17.6 Å². The normalized spacial score (nSPS) is 26.1. The van der Waals surface area contributed by atoms with Crippen LogP contribution in [0.3, 0.4) is 0 Å². The maximum absolute atomic E-state index is 9.97. The molecule has 0 bridgehead atoms. The van der Waals surface area contributed by atoms with E-state index < -0.39 is 5.54 Å². The van der Waals surface area contributed by atoms with Gasteiger partial charge in [0.2, 0.25) is 0 Å². The maximum Gasteiger partial charge on any atom is 0.138 e. The SMILES string of the molecule is COc1ccc2c(c1)OCCCC2(C#N)N1CCOCC1. The molecule has 112 valence electrons. The van der Waals surface area contributed by atoms with Gasteiger partial charge in [-0.3, -0.25) is 4.90 Å². The van der Waals surface area contributed by atoms with Crippen molar-refractivity contribution < 1.29 is 14.2 Å². The summed E-state index contributed by atoms with van der Waals surface area (Å²) in [5, 5.41) is 9.97. The van der Waals surface area contributed by atoms with Crippen molar-refractivity contribution in [2.24, 2.45) is 0 Å². The summed E-state index contributed by atoms with van der Waals surface area (Å²) >= 11 is 0. The van der Waals surface area contributed by atoms with Gasteiger partial charge < -0.3 is 14.2 Å². The monoisotopic (exact) mass is 288 g/mol. The first kappa shape index (κ1) is 14.2. The number of nitriles is 1. The Morgan fingerprint density at radius 3 is 2.81 bits per heavy atom. The summed E-state index contributed by atoms with van der Waals surface area (Å²) in [7, 11) is 1.64. The summed E-state index contributed by atoms with van der Waals surface area (Å²) in [6.45, 7) is 3.54. The van der Waals surface area contributed by atoms with Gasteiger partial charge in [-0.1, -0.05) is 0 Å². The number of fused-ring (bicyclic) bond motifs is 1. The maximum atomic E-state index is 9.97. The second-order valence-corrected chi connectivity index (χ2v) is 5.39. The molecule has 0 saturated carbocycles. The standard InChI is InChI=1S/C16H20N2O3/c1-19-13-3-4-14-15(11-13)21-8-2-5-16(14,12-17)18-6-9-20-10-7-18/h3-4,11H,2,5-10H2,1H3. The van der Waals surface area contributed by atoms with Crippen LogP contribution in [0.15, 0.2) is 18.2 Å². The first-order valence-corrected chi connectivity index (χ1v) is 7.35. The van der Waals surface area contributed by atoms with E-state index in [-0.39, 0.29) is 0 Å². The summed E-state index contributed by atoms with van der Waals surface area (Å²) < 4.78 is 16.6. The molecule has 0 N–H and O–H groups in total. The summed E-state index contributed by atoms with van der Waals surface area (Å²) in [6.07, 6.45) is 1.64. The third-order valence-corrected chi connectivity index (χ3v) is 4.31. The number of morpholine rings is 1. The molecule has 0 aliphatic carbocycles. The van der Waals surface area contributed by atoms with Gasteiger partial charge in [-0.2, -0.15) is 5.26 Å². The minimum atomic E-state index is -0.623. The summed E-state index contributed by atoms with van der Waals surface area (Å²) in [4.78, 5) is 2.23. The minimum absolute atomic E-state index is 0.623. The zero-order valence-corrected chi connectivity index (χ0v) is 12.3. The van der Waals surface area contributed by atoms with Gasteiger partial charge in [0, 0.05) is 24.7 Å². The second kappa shape index (κ2) is 5.92. The highest BCUT2D eigenvalue weighted by Crippen LogP contribution is 2.42. The van der Waals surface area contributed by atoms with Gasteiger partial charge in [0.15, 0.2) is 0 Å². The lowest BCUT2D eigenvalue weighted by Crippen LogP contribution is -2.50. The molecule has 5 heteroatoms. The lowest BCUT2D eigenvalue weighted by molar-refractivity contribution is -0.00763. The summed E-state index contributed by atoms with van der Waals surface area (Å²) in [6, 6.07) is 8.33. The zero-order chi connectivity index (χ0) is 14.7. The van der Waals surface area contributed by atoms with Crippen LogP contribution < -0.4 is 9.47 Å². The molecular formula is C16H20N2O3. The number of methoxy groups -OCH3 is 1. The van der Waals surface area contributed by atoms with Crippen molar-refractivity contribution in [3.63, 3.8) is 0 Å². The Hall–Kier alpha value is -1.77. The fourth-order valence-corrected chi connectivity index (χ4v) is 3.20. The predicted molar refractivity (Wildman–Crippen MR) is 77.4 cm³/mol. The molecule has 3 rings (SSSR count). The van der Waals surface area contributed by atoms with Crippen molar-refractivity contribution in [1.29, 1.82) is 5.26 Å². The molecule has 0 amide bonds. The molecule has 1 aromatic carbocycles. The average Bonchev–Trinajstić information content (AvgIpc) is 2.75. The van der Waals surface area contributed by atoms with Gasteiger partial charge in [0.1, 0.15) is 17.0 Å². The number of rotatable bonds is 2. The predicted octanol–water partition coefficient (Wildman–Crippen LogP) is 1.92. The second-order valence-electron chi connectivity index (χ2n) is 5.39. The minimum Gasteiger partial charge on any atom is -0.497 e. The molecular weight excluding hydrogens is 268 g/mol. The van der Waals surface area contributed by atoms with Crippen molar-refractivity contribution >= 4 is 0 Å². The molecule has 1 saturated heterocycles. The number of nitrogens with zero attached hydrogens (tertiary/aromatic N) is 2. The van der Waals surface area contributed by atoms with E-state index in [0.29, 0.717) is 19.8 Å². The van der Waals surface area contributed by atoms with E-state index in [1.54, 1.807) is 7.11 Å². The molecule has 1 atom stereocenters. The van der Waals surface area contributed by atoms with Gasteiger partial charge in [0.05, 0.1) is 33.0 Å². The van der Waals surface area contributed by atoms with Crippen LogP contribution in [0, 0.1) is 11.3 Å². The van der Waals surface area contributed by atoms with Crippen LogP contribution in [0.25, 0.3) is 0 Å². The molecule has 1 unspecified atom stereocenters. The van der Waals surface area contributed by atoms with Gasteiger partial charge in [-0.25, -0.2) is 0 Å². The molecule has 0 aromatic heterocycles. The first-order chi connectivity index (χ1) is 10.3. The Morgan fingerprint density at radius 2 is 2.10 bits per heavy atom. The fraction of sp³-hybridized carbons (Fsp3) is 0.562. The van der Waals surface area contributed by atoms with Gasteiger partial charge >= 0.3 is 0 Å². The third kappa shape index (κ3) is 2.45. The molecule has 21 heavy (non-hydrogen) atoms. The van der Waals surface area contributed by atoms with Crippen LogP contribution in [0.5, 0.6) is 11.5 Å². The fourth-order valence-electron chi connectivity index (χ4n) is 3.20. The Kier molecular flexibility index (Phi) is 4.00. The Morgan fingerprint density at radius 1 is 1.29 bits per heavy atom. The third-order valence-electron chi connectivity index (χ3n) is 4.31. The molecule has 2 heterocycles. The molecule has 1 aromatic rings. The number of ether oxygens (including phenoxy) is 3. The van der Waals surface area contributed by atoms with Gasteiger partial charge in [-0.15, -0.1) is 0 Å². The molecule has 2 aliphatic heterocycles. The Labute approximate surface area is 125 Å². The van der Waals surface area contributed by atoms with E-state index >= 15 is 0 Å². The topological polar surface area (TPSA) is 54.7 Å². The molecule has 1 fully saturated rings. The van der Waals surface area contributed by atoms with Crippen molar-refractivity contribution in [2.45, 2.75) is 18.4 Å². The van der Waals surface area contributed by atoms with E-state index in [9.17, 15) is 5.26 Å². The highest BCUT2D eigenvalue weighted by molar-refractivity contribution is 5.48. The van der Waals surface area contributed by atoms with Crippen molar-refractivity contribution in [1.82, 2.24) is 4.90 Å². The smallest absolute Gasteiger partial charge is 0.138 e. The van der Waals surface area contributed by atoms with Crippen LogP contribution in [-0.2, 0) is 10.3 Å². The highest BCUT2D eigenvalue weighted by atomic mass is 16.5. The number of benzene rings is 1. The quantitative estimate of drug-likeness (QED) is 0.832. The molecule has 0 radical (unpaired) electrons. The molecule has 5 nitrogen and oxygen atoms in total. The van der Waals surface area contributed by atoms with E-state index in [0.717, 1.165) is 43.0 Å². The average molecular weight is 288 g/mol. The van der Waals surface area contributed by atoms with Crippen LogP contribution >= 0.6 is 0 Å². The van der Waals surface area contributed by atoms with Crippen molar-refractivity contribution in [3.05, 3.63) is 23.8 Å². The van der Waals surface area contributed by atoms with Crippen LogP contribution in [0.4, 0.5) is 0 Å². The zero-order valence-electron chi connectivity index (χ0n) is 12.3. The van der Waals surface area contributed by atoms with E-state index in [1.165, 1.54) is 0 Å².